The van der Waals surface area contributed by atoms with Crippen molar-refractivity contribution in [1.82, 2.24) is 19.5 Å². The summed E-state index contributed by atoms with van der Waals surface area (Å²) in [5.74, 6) is 0.909. The lowest BCUT2D eigenvalue weighted by molar-refractivity contribution is 0.446. The Balaban J connectivity index is 1.41. The maximum Gasteiger partial charge on any atom is 0.149 e. The van der Waals surface area contributed by atoms with Crippen molar-refractivity contribution in [3.63, 3.8) is 0 Å². The summed E-state index contributed by atoms with van der Waals surface area (Å²) in [6.07, 6.45) is 5.61. The molecule has 3 aromatic heterocycles. The number of rotatable bonds is 6. The van der Waals surface area contributed by atoms with Crippen LogP contribution < -0.4 is 0 Å². The lowest BCUT2D eigenvalue weighted by Gasteiger charge is -2.27. The standard InChI is InChI=1S/C50H46N4O/c1-32-30-52-44(29-41(32)34-18-12-9-13-19-34)37-25-35(33-16-10-8-11-17-33)24-36(26-37)40-21-14-22-45-46(40)53-48(54(45)39-20-15-23-51-31-39)42-27-38(49(2,3)4)28-43(47(42)55)50(5,6)7/h8-31,55H,1-7H3. The van der Waals surface area contributed by atoms with E-state index in [9.17, 15) is 5.11 Å². The van der Waals surface area contributed by atoms with E-state index in [0.717, 1.165) is 78.0 Å². The quantitative estimate of drug-likeness (QED) is 0.186. The number of phenols is 1. The van der Waals surface area contributed by atoms with Gasteiger partial charge in [0.25, 0.3) is 0 Å². The molecular formula is C50H46N4O. The Kier molecular flexibility index (Phi) is 8.97. The van der Waals surface area contributed by atoms with Crippen LogP contribution in [0.1, 0.15) is 58.2 Å². The maximum absolute atomic E-state index is 12.1. The molecule has 272 valence electrons. The van der Waals surface area contributed by atoms with E-state index < -0.39 is 0 Å². The molecule has 1 N–H and O–H groups in total. The van der Waals surface area contributed by atoms with Gasteiger partial charge in [0.15, 0.2) is 0 Å². The number of aromatic nitrogens is 4. The molecule has 5 heteroatoms. The normalized spacial score (nSPS) is 12.0. The molecule has 0 saturated heterocycles. The average Bonchev–Trinajstić information content (AvgIpc) is 3.58. The number of phenolic OH excluding ortho intramolecular Hbond substituents is 1. The topological polar surface area (TPSA) is 63.8 Å². The zero-order valence-corrected chi connectivity index (χ0v) is 32.6. The van der Waals surface area contributed by atoms with Crippen LogP contribution in [0.4, 0.5) is 0 Å². The zero-order chi connectivity index (χ0) is 38.5. The summed E-state index contributed by atoms with van der Waals surface area (Å²) >= 11 is 0. The van der Waals surface area contributed by atoms with Crippen LogP contribution in [0.25, 0.3) is 72.7 Å². The van der Waals surface area contributed by atoms with E-state index in [1.54, 1.807) is 6.20 Å². The first-order valence-electron chi connectivity index (χ1n) is 18.9. The number of hydrogen-bond donors (Lipinski definition) is 1. The van der Waals surface area contributed by atoms with Gasteiger partial charge < -0.3 is 5.11 Å². The molecule has 0 fully saturated rings. The minimum absolute atomic E-state index is 0.155. The number of pyridine rings is 2. The highest BCUT2D eigenvalue weighted by atomic mass is 16.3. The summed E-state index contributed by atoms with van der Waals surface area (Å²) in [6.45, 7) is 15.2. The van der Waals surface area contributed by atoms with E-state index in [4.69, 9.17) is 9.97 Å². The predicted molar refractivity (Wildman–Crippen MR) is 228 cm³/mol. The number of para-hydroxylation sites is 1. The molecule has 5 nitrogen and oxygen atoms in total. The van der Waals surface area contributed by atoms with Crippen LogP contribution in [-0.4, -0.2) is 24.6 Å². The Morgan fingerprint density at radius 1 is 0.564 bits per heavy atom. The van der Waals surface area contributed by atoms with Crippen LogP contribution in [0.15, 0.2) is 146 Å². The smallest absolute Gasteiger partial charge is 0.149 e. The molecule has 5 aromatic carbocycles. The number of fused-ring (bicyclic) bond motifs is 1. The Labute approximate surface area is 324 Å². The number of nitrogens with zero attached hydrogens (tertiary/aromatic N) is 4. The molecule has 3 heterocycles. The first-order valence-corrected chi connectivity index (χ1v) is 18.9. The second kappa shape index (κ2) is 13.8. The third-order valence-electron chi connectivity index (χ3n) is 10.4. The van der Waals surface area contributed by atoms with Crippen molar-refractivity contribution in [2.24, 2.45) is 0 Å². The van der Waals surface area contributed by atoms with Gasteiger partial charge in [0.1, 0.15) is 11.6 Å². The van der Waals surface area contributed by atoms with Gasteiger partial charge in [-0.1, -0.05) is 120 Å². The van der Waals surface area contributed by atoms with Gasteiger partial charge in [0.05, 0.1) is 34.2 Å². The van der Waals surface area contributed by atoms with E-state index in [-0.39, 0.29) is 16.6 Å². The van der Waals surface area contributed by atoms with Gasteiger partial charge in [0.2, 0.25) is 0 Å². The highest BCUT2D eigenvalue weighted by Crippen LogP contribution is 2.45. The Morgan fingerprint density at radius 2 is 1.25 bits per heavy atom. The maximum atomic E-state index is 12.1. The zero-order valence-electron chi connectivity index (χ0n) is 32.6. The number of imidazole rings is 1. The molecule has 0 atom stereocenters. The number of benzene rings is 5. The molecule has 0 amide bonds. The average molecular weight is 719 g/mol. The summed E-state index contributed by atoms with van der Waals surface area (Å²) in [7, 11) is 0. The summed E-state index contributed by atoms with van der Waals surface area (Å²) in [5, 5.41) is 12.1. The summed E-state index contributed by atoms with van der Waals surface area (Å²) in [6, 6.07) is 44.5. The van der Waals surface area contributed by atoms with Crippen LogP contribution in [0.5, 0.6) is 5.75 Å². The molecule has 0 saturated carbocycles. The second-order valence-corrected chi connectivity index (χ2v) is 16.5. The van der Waals surface area contributed by atoms with Crippen molar-refractivity contribution in [3.05, 3.63) is 163 Å². The van der Waals surface area contributed by atoms with Gasteiger partial charge in [-0.2, -0.15) is 0 Å². The molecule has 8 aromatic rings. The number of aromatic hydroxyl groups is 1. The summed E-state index contributed by atoms with van der Waals surface area (Å²) in [5.41, 5.74) is 14.5. The summed E-state index contributed by atoms with van der Waals surface area (Å²) < 4.78 is 2.13. The van der Waals surface area contributed by atoms with Crippen molar-refractivity contribution < 1.29 is 5.11 Å². The molecule has 0 unspecified atom stereocenters. The van der Waals surface area contributed by atoms with Crippen molar-refractivity contribution in [2.45, 2.75) is 59.3 Å². The van der Waals surface area contributed by atoms with Crippen molar-refractivity contribution in [1.29, 1.82) is 0 Å². The molecule has 8 rings (SSSR count). The minimum Gasteiger partial charge on any atom is -0.507 e. The molecule has 0 aliphatic rings. The fourth-order valence-corrected chi connectivity index (χ4v) is 7.41. The lowest BCUT2D eigenvalue weighted by Crippen LogP contribution is -2.17. The fraction of sp³-hybridized carbons (Fsp3) is 0.180. The van der Waals surface area contributed by atoms with Crippen LogP contribution in [-0.2, 0) is 10.8 Å². The Morgan fingerprint density at radius 3 is 1.93 bits per heavy atom. The van der Waals surface area contributed by atoms with E-state index in [0.29, 0.717) is 11.4 Å². The third kappa shape index (κ3) is 6.83. The lowest BCUT2D eigenvalue weighted by atomic mass is 9.79. The first kappa shape index (κ1) is 35.7. The number of aryl methyl sites for hydroxylation is 1. The van der Waals surface area contributed by atoms with E-state index >= 15 is 0 Å². The van der Waals surface area contributed by atoms with Gasteiger partial charge in [-0.25, -0.2) is 4.98 Å². The second-order valence-electron chi connectivity index (χ2n) is 16.5. The molecule has 0 aliphatic carbocycles. The van der Waals surface area contributed by atoms with Crippen LogP contribution in [0.3, 0.4) is 0 Å². The largest absolute Gasteiger partial charge is 0.507 e. The van der Waals surface area contributed by atoms with Gasteiger partial charge in [0, 0.05) is 29.1 Å². The van der Waals surface area contributed by atoms with Crippen molar-refractivity contribution >= 4 is 11.0 Å². The Hall–Kier alpha value is -6.33. The van der Waals surface area contributed by atoms with E-state index in [2.05, 4.69) is 161 Å². The SMILES string of the molecule is Cc1cnc(-c2cc(-c3ccccc3)cc(-c3cccc4c3nc(-c3cc(C(C)(C)C)cc(C(C)(C)C)c3O)n4-c3cccnc3)c2)cc1-c1ccccc1. The van der Waals surface area contributed by atoms with Crippen LogP contribution in [0, 0.1) is 6.92 Å². The number of hydrogen-bond acceptors (Lipinski definition) is 4. The van der Waals surface area contributed by atoms with Gasteiger partial charge >= 0.3 is 0 Å². The monoisotopic (exact) mass is 718 g/mol. The van der Waals surface area contributed by atoms with E-state index in [1.165, 1.54) is 0 Å². The minimum atomic E-state index is -0.297. The van der Waals surface area contributed by atoms with Gasteiger partial charge in [-0.15, -0.1) is 0 Å². The molecule has 55 heavy (non-hydrogen) atoms. The molecule has 0 radical (unpaired) electrons. The van der Waals surface area contributed by atoms with Gasteiger partial charge in [-0.3, -0.25) is 14.5 Å². The van der Waals surface area contributed by atoms with Gasteiger partial charge in [-0.05, 0) is 105 Å². The highest BCUT2D eigenvalue weighted by Gasteiger charge is 2.28. The fourth-order valence-electron chi connectivity index (χ4n) is 7.41. The molecule has 0 bridgehead atoms. The molecular weight excluding hydrogens is 673 g/mol. The van der Waals surface area contributed by atoms with Crippen LogP contribution in [0.2, 0.25) is 0 Å². The molecule has 0 spiro atoms. The van der Waals surface area contributed by atoms with E-state index in [1.807, 2.05) is 36.7 Å². The third-order valence-corrected chi connectivity index (χ3v) is 10.4. The Bertz CT molecular complexity index is 2660. The first-order chi connectivity index (χ1) is 26.4. The molecule has 0 aliphatic heterocycles. The van der Waals surface area contributed by atoms with Crippen LogP contribution >= 0.6 is 0 Å². The summed E-state index contributed by atoms with van der Waals surface area (Å²) in [4.78, 5) is 15.0. The predicted octanol–water partition coefficient (Wildman–Crippen LogP) is 12.8. The van der Waals surface area contributed by atoms with Crippen molar-refractivity contribution in [3.8, 4) is 67.5 Å². The highest BCUT2D eigenvalue weighted by molar-refractivity contribution is 5.97. The van der Waals surface area contributed by atoms with Crippen molar-refractivity contribution in [2.75, 3.05) is 0 Å².